The first kappa shape index (κ1) is 10.5. The number of fused-ring (bicyclic) bond motifs is 1. The highest BCUT2D eigenvalue weighted by molar-refractivity contribution is 4.86. The molecule has 0 amide bonds. The third-order valence-electron chi connectivity index (χ3n) is 2.20. The molecule has 0 spiro atoms. The van der Waals surface area contributed by atoms with Gasteiger partial charge in [-0.3, -0.25) is 0 Å². The summed E-state index contributed by atoms with van der Waals surface area (Å²) in [5.74, 6) is 0. The van der Waals surface area contributed by atoms with E-state index in [1.165, 1.54) is 0 Å². The van der Waals surface area contributed by atoms with Gasteiger partial charge >= 0.3 is 0 Å². The van der Waals surface area contributed by atoms with E-state index < -0.39 is 0 Å². The molecule has 76 valence electrons. The van der Waals surface area contributed by atoms with Crippen LogP contribution in [0.3, 0.4) is 0 Å². The van der Waals surface area contributed by atoms with Crippen LogP contribution in [0.25, 0.3) is 0 Å². The van der Waals surface area contributed by atoms with E-state index in [9.17, 15) is 5.11 Å². The molecule has 2 heterocycles. The molecule has 0 aromatic heterocycles. The maximum absolute atomic E-state index is 9.37. The number of ether oxygens (including phenoxy) is 2. The zero-order chi connectivity index (χ0) is 9.68. The molecule has 2 fully saturated rings. The van der Waals surface area contributed by atoms with Gasteiger partial charge in [0, 0.05) is 13.2 Å². The van der Waals surface area contributed by atoms with Crippen molar-refractivity contribution >= 4 is 0 Å². The van der Waals surface area contributed by atoms with Gasteiger partial charge in [-0.2, -0.15) is 0 Å². The lowest BCUT2D eigenvalue weighted by molar-refractivity contribution is -0.114. The molecule has 0 radical (unpaired) electrons. The van der Waals surface area contributed by atoms with Crippen molar-refractivity contribution in [2.75, 3.05) is 13.2 Å². The zero-order valence-corrected chi connectivity index (χ0v) is 7.56. The summed E-state index contributed by atoms with van der Waals surface area (Å²) >= 11 is 0. The molecule has 13 heavy (non-hydrogen) atoms. The lowest BCUT2D eigenvalue weighted by Gasteiger charge is -2.28. The van der Waals surface area contributed by atoms with Gasteiger partial charge < -0.3 is 19.7 Å². The summed E-state index contributed by atoms with van der Waals surface area (Å²) in [5.41, 5.74) is 0. The summed E-state index contributed by atoms with van der Waals surface area (Å²) in [6.45, 7) is 4.35. The highest BCUT2D eigenvalue weighted by Gasteiger charge is 2.37. The van der Waals surface area contributed by atoms with Crippen molar-refractivity contribution < 1.29 is 19.7 Å². The Kier molecular flexibility index (Phi) is 4.21. The Morgan fingerprint density at radius 1 is 1.23 bits per heavy atom. The van der Waals surface area contributed by atoms with Crippen molar-refractivity contribution in [1.29, 1.82) is 0 Å². The van der Waals surface area contributed by atoms with Crippen molar-refractivity contribution in [3.63, 3.8) is 0 Å². The fourth-order valence-electron chi connectivity index (χ4n) is 1.63. The second kappa shape index (κ2) is 5.21. The van der Waals surface area contributed by atoms with Crippen molar-refractivity contribution in [3.8, 4) is 0 Å². The highest BCUT2D eigenvalue weighted by Crippen LogP contribution is 2.25. The summed E-state index contributed by atoms with van der Waals surface area (Å²) in [6, 6.07) is 0. The minimum atomic E-state index is -0.291. The van der Waals surface area contributed by atoms with Gasteiger partial charge in [0.05, 0.1) is 18.5 Å². The zero-order valence-electron chi connectivity index (χ0n) is 7.56. The van der Waals surface area contributed by atoms with Gasteiger partial charge in [-0.25, -0.2) is 0 Å². The van der Waals surface area contributed by atoms with Gasteiger partial charge in [0.2, 0.25) is 0 Å². The number of rotatable bonds is 0. The Morgan fingerprint density at radius 2 is 1.85 bits per heavy atom. The number of aliphatic hydroxyl groups excluding tert-OH is 2. The average Bonchev–Trinajstić information content (AvgIpc) is 2.54. The van der Waals surface area contributed by atoms with Crippen molar-refractivity contribution in [1.82, 2.24) is 0 Å². The van der Waals surface area contributed by atoms with E-state index in [1.807, 2.05) is 0 Å². The van der Waals surface area contributed by atoms with Crippen LogP contribution < -0.4 is 0 Å². The number of aliphatic hydroxyl groups is 2. The molecular weight excluding hydrogens is 172 g/mol. The van der Waals surface area contributed by atoms with Gasteiger partial charge in [0.25, 0.3) is 0 Å². The molecule has 0 bridgehead atoms. The van der Waals surface area contributed by atoms with E-state index in [4.69, 9.17) is 14.6 Å². The second-order valence-corrected chi connectivity index (χ2v) is 3.07. The normalized spacial score (nSPS) is 37.2. The van der Waals surface area contributed by atoms with Crippen molar-refractivity contribution in [2.24, 2.45) is 0 Å². The lowest BCUT2D eigenvalue weighted by Crippen LogP contribution is -2.41. The van der Waals surface area contributed by atoms with Crippen molar-refractivity contribution in [2.45, 2.75) is 31.2 Å². The molecule has 2 N–H and O–H groups in total. The van der Waals surface area contributed by atoms with Crippen LogP contribution in [-0.2, 0) is 9.47 Å². The van der Waals surface area contributed by atoms with E-state index in [0.29, 0.717) is 6.61 Å². The summed E-state index contributed by atoms with van der Waals surface area (Å²) in [6.07, 6.45) is 2.27. The Hall–Kier alpha value is -0.580. The van der Waals surface area contributed by atoms with Crippen molar-refractivity contribution in [3.05, 3.63) is 12.8 Å². The quantitative estimate of drug-likeness (QED) is 0.547. The van der Waals surface area contributed by atoms with Crippen LogP contribution in [0.1, 0.15) is 12.8 Å². The maximum Gasteiger partial charge on any atom is 0.110 e. The molecule has 3 unspecified atom stereocenters. The summed E-state index contributed by atoms with van der Waals surface area (Å²) in [4.78, 5) is 0. The molecule has 3 atom stereocenters. The fourth-order valence-corrected chi connectivity index (χ4v) is 1.63. The van der Waals surface area contributed by atoms with Gasteiger partial charge in [0.15, 0.2) is 0 Å². The molecule has 0 aromatic carbocycles. The smallest absolute Gasteiger partial charge is 0.110 e. The molecule has 0 aromatic rings. The molecule has 2 saturated heterocycles. The summed E-state index contributed by atoms with van der Waals surface area (Å²) < 4.78 is 10.7. The van der Waals surface area contributed by atoms with Crippen LogP contribution in [0, 0.1) is 0 Å². The largest absolute Gasteiger partial charge is 0.516 e. The predicted molar refractivity (Wildman–Crippen MR) is 47.5 cm³/mol. The Bertz CT molecular complexity index is 160. The van der Waals surface area contributed by atoms with Crippen LogP contribution in [0.4, 0.5) is 0 Å². The Labute approximate surface area is 77.8 Å². The molecule has 0 saturated carbocycles. The molecule has 2 rings (SSSR count). The van der Waals surface area contributed by atoms with E-state index >= 15 is 0 Å². The van der Waals surface area contributed by atoms with Crippen LogP contribution in [0.15, 0.2) is 12.8 Å². The molecule has 4 heteroatoms. The maximum atomic E-state index is 9.37. The van der Waals surface area contributed by atoms with Crippen LogP contribution >= 0.6 is 0 Å². The first-order chi connectivity index (χ1) is 6.29. The highest BCUT2D eigenvalue weighted by atomic mass is 16.6. The fraction of sp³-hybridized carbons (Fsp3) is 0.778. The van der Waals surface area contributed by atoms with Gasteiger partial charge in [-0.1, -0.05) is 6.58 Å². The third-order valence-corrected chi connectivity index (χ3v) is 2.20. The van der Waals surface area contributed by atoms with E-state index in [-0.39, 0.29) is 18.3 Å². The van der Waals surface area contributed by atoms with Crippen LogP contribution in [0.2, 0.25) is 0 Å². The van der Waals surface area contributed by atoms with Crippen LogP contribution in [0.5, 0.6) is 0 Å². The van der Waals surface area contributed by atoms with Gasteiger partial charge in [0.1, 0.15) is 6.10 Å². The Balaban J connectivity index is 0.000000251. The topological polar surface area (TPSA) is 58.9 Å². The minimum absolute atomic E-state index is 0.0336. The van der Waals surface area contributed by atoms with Gasteiger partial charge in [-0.15, -0.1) is 0 Å². The lowest BCUT2D eigenvalue weighted by atomic mass is 10.0. The van der Waals surface area contributed by atoms with E-state index in [0.717, 1.165) is 25.7 Å². The van der Waals surface area contributed by atoms with Gasteiger partial charge in [-0.05, 0) is 12.8 Å². The van der Waals surface area contributed by atoms with E-state index in [1.54, 1.807) is 0 Å². The molecule has 0 aliphatic carbocycles. The standard InChI is InChI=1S/C7H12O3.C2H4O/c8-5-1-3-9-6-2-4-10-7(5)6;1-2-3/h5-8H,1-4H2;2-3H,1H2. The average molecular weight is 188 g/mol. The first-order valence-electron chi connectivity index (χ1n) is 4.46. The molecular formula is C9H16O4. The Morgan fingerprint density at radius 3 is 2.46 bits per heavy atom. The molecule has 4 nitrogen and oxygen atoms in total. The van der Waals surface area contributed by atoms with Crippen LogP contribution in [-0.4, -0.2) is 41.7 Å². The predicted octanol–water partition coefficient (Wildman–Crippen LogP) is 0.613. The first-order valence-corrected chi connectivity index (χ1v) is 4.46. The monoisotopic (exact) mass is 188 g/mol. The summed E-state index contributed by atoms with van der Waals surface area (Å²) in [7, 11) is 0. The second-order valence-electron chi connectivity index (χ2n) is 3.07. The summed E-state index contributed by atoms with van der Waals surface area (Å²) in [5, 5.41) is 16.7. The molecule has 2 aliphatic heterocycles. The minimum Gasteiger partial charge on any atom is -0.516 e. The number of hydrogen-bond donors (Lipinski definition) is 2. The third kappa shape index (κ3) is 2.69. The number of hydrogen-bond acceptors (Lipinski definition) is 4. The molecule has 2 aliphatic rings. The SMILES string of the molecule is C=CO.OC1CCOC2CCOC12. The van der Waals surface area contributed by atoms with E-state index in [2.05, 4.69) is 6.58 Å².